The smallest absolute Gasteiger partial charge is 0.0181 e. The molecule has 0 radical (unpaired) electrons. The van der Waals surface area contributed by atoms with Crippen LogP contribution in [0.5, 0.6) is 0 Å². The van der Waals surface area contributed by atoms with Crippen LogP contribution in [0.15, 0.2) is 66.8 Å². The van der Waals surface area contributed by atoms with E-state index in [2.05, 4.69) is 67.6 Å². The lowest BCUT2D eigenvalue weighted by atomic mass is 10.0. The van der Waals surface area contributed by atoms with Gasteiger partial charge in [0, 0.05) is 0 Å². The molecule has 0 unspecified atom stereocenters. The summed E-state index contributed by atoms with van der Waals surface area (Å²) in [6.45, 7) is 4.14. The third-order valence-electron chi connectivity index (χ3n) is 2.85. The Bertz CT molecular complexity index is 557. The van der Waals surface area contributed by atoms with Crippen molar-refractivity contribution in [1.82, 2.24) is 0 Å². The van der Waals surface area contributed by atoms with Gasteiger partial charge in [0.1, 0.15) is 0 Å². The van der Waals surface area contributed by atoms with E-state index in [1.165, 1.54) is 22.3 Å². The maximum atomic E-state index is 2.21. The highest BCUT2D eigenvalue weighted by Crippen LogP contribution is 2.21. The number of hydrogen-bond acceptors (Lipinski definition) is 0. The number of aryl methyl sites for hydroxylation is 1. The molecule has 0 fully saturated rings. The average Bonchev–Trinajstić information content (AvgIpc) is 2.40. The van der Waals surface area contributed by atoms with Crippen LogP contribution in [0.1, 0.15) is 18.1 Å². The molecule has 0 heteroatoms. The summed E-state index contributed by atoms with van der Waals surface area (Å²) in [4.78, 5) is 0. The van der Waals surface area contributed by atoms with Crippen LogP contribution in [0.25, 0.3) is 17.2 Å². The van der Waals surface area contributed by atoms with E-state index in [-0.39, 0.29) is 0 Å². The second kappa shape index (κ2) is 6.02. The lowest BCUT2D eigenvalue weighted by Gasteiger charge is -2.03. The fourth-order valence-electron chi connectivity index (χ4n) is 1.89. The lowest BCUT2D eigenvalue weighted by molar-refractivity contribution is 1.46. The lowest BCUT2D eigenvalue weighted by Crippen LogP contribution is -1.79. The third kappa shape index (κ3) is 3.21. The fraction of sp³-hybridized carbons (Fsp3) is 0.111. The molecular formula is C18H18. The van der Waals surface area contributed by atoms with Crippen LogP contribution in [0.3, 0.4) is 0 Å². The fourth-order valence-corrected chi connectivity index (χ4v) is 1.89. The highest BCUT2D eigenvalue weighted by molar-refractivity contribution is 5.66. The summed E-state index contributed by atoms with van der Waals surface area (Å²) in [5.74, 6) is 0. The summed E-state index contributed by atoms with van der Waals surface area (Å²) in [5, 5.41) is 0. The minimum Gasteiger partial charge on any atom is -0.0877 e. The first kappa shape index (κ1) is 12.4. The van der Waals surface area contributed by atoms with Crippen molar-refractivity contribution >= 4 is 6.08 Å². The number of hydrogen-bond donors (Lipinski definition) is 0. The van der Waals surface area contributed by atoms with Crippen LogP contribution in [0.4, 0.5) is 0 Å². The minimum atomic E-state index is 1.23. The molecule has 0 saturated carbocycles. The molecular weight excluding hydrogens is 216 g/mol. The monoisotopic (exact) mass is 234 g/mol. The van der Waals surface area contributed by atoms with Crippen molar-refractivity contribution in [3.63, 3.8) is 0 Å². The SMILES string of the molecule is C/C=C\C=C/c1ccc(-c2cccc(C)c2)cc1. The van der Waals surface area contributed by atoms with E-state index in [1.807, 2.05) is 19.1 Å². The standard InChI is InChI=1S/C18H18/c1-3-4-5-8-16-10-12-17(13-11-16)18-9-6-7-15(2)14-18/h3-14H,1-2H3/b4-3-,8-5-. The molecule has 2 aromatic carbocycles. The first-order chi connectivity index (χ1) is 8.79. The predicted molar refractivity (Wildman–Crippen MR) is 80.5 cm³/mol. The Morgan fingerprint density at radius 3 is 2.28 bits per heavy atom. The molecule has 90 valence electrons. The van der Waals surface area contributed by atoms with Gasteiger partial charge in [-0.05, 0) is 30.5 Å². The molecule has 0 saturated heterocycles. The first-order valence-corrected chi connectivity index (χ1v) is 6.26. The second-order valence-corrected chi connectivity index (χ2v) is 4.38. The first-order valence-electron chi connectivity index (χ1n) is 6.26. The van der Waals surface area contributed by atoms with Gasteiger partial charge in [-0.2, -0.15) is 0 Å². The van der Waals surface area contributed by atoms with Gasteiger partial charge in [-0.1, -0.05) is 78.4 Å². The Balaban J connectivity index is 2.22. The molecule has 0 aliphatic carbocycles. The Morgan fingerprint density at radius 1 is 0.833 bits per heavy atom. The van der Waals surface area contributed by atoms with E-state index in [9.17, 15) is 0 Å². The quantitative estimate of drug-likeness (QED) is 0.636. The molecule has 0 aromatic heterocycles. The van der Waals surface area contributed by atoms with E-state index in [0.717, 1.165) is 0 Å². The maximum absolute atomic E-state index is 2.21. The molecule has 2 aromatic rings. The van der Waals surface area contributed by atoms with Gasteiger partial charge in [0.25, 0.3) is 0 Å². The normalized spacial score (nSPS) is 11.4. The zero-order valence-corrected chi connectivity index (χ0v) is 10.9. The Kier molecular flexibility index (Phi) is 4.14. The molecule has 0 amide bonds. The van der Waals surface area contributed by atoms with Crippen molar-refractivity contribution < 1.29 is 0 Å². The molecule has 0 spiro atoms. The van der Waals surface area contributed by atoms with Gasteiger partial charge >= 0.3 is 0 Å². The van der Waals surface area contributed by atoms with Crippen molar-refractivity contribution in [2.24, 2.45) is 0 Å². The largest absolute Gasteiger partial charge is 0.0877 e. The summed E-state index contributed by atoms with van der Waals surface area (Å²) < 4.78 is 0. The van der Waals surface area contributed by atoms with Crippen molar-refractivity contribution in [2.45, 2.75) is 13.8 Å². The van der Waals surface area contributed by atoms with Gasteiger partial charge in [0.2, 0.25) is 0 Å². The third-order valence-corrected chi connectivity index (χ3v) is 2.85. The molecule has 0 nitrogen and oxygen atoms in total. The van der Waals surface area contributed by atoms with Crippen LogP contribution < -0.4 is 0 Å². The van der Waals surface area contributed by atoms with Gasteiger partial charge in [-0.25, -0.2) is 0 Å². The van der Waals surface area contributed by atoms with Crippen LogP contribution in [-0.4, -0.2) is 0 Å². The zero-order valence-electron chi connectivity index (χ0n) is 10.9. The molecule has 0 N–H and O–H groups in total. The van der Waals surface area contributed by atoms with Crippen molar-refractivity contribution in [3.05, 3.63) is 77.9 Å². The maximum Gasteiger partial charge on any atom is -0.0181 e. The van der Waals surface area contributed by atoms with E-state index < -0.39 is 0 Å². The number of allylic oxidation sites excluding steroid dienone is 3. The zero-order chi connectivity index (χ0) is 12.8. The minimum absolute atomic E-state index is 1.23. The summed E-state index contributed by atoms with van der Waals surface area (Å²) in [6, 6.07) is 17.2. The Labute approximate surface area is 109 Å². The van der Waals surface area contributed by atoms with Crippen molar-refractivity contribution in [2.75, 3.05) is 0 Å². The van der Waals surface area contributed by atoms with Crippen molar-refractivity contribution in [1.29, 1.82) is 0 Å². The summed E-state index contributed by atoms with van der Waals surface area (Å²) in [6.07, 6.45) is 8.23. The van der Waals surface area contributed by atoms with Crippen LogP contribution >= 0.6 is 0 Å². The summed E-state index contributed by atoms with van der Waals surface area (Å²) in [7, 11) is 0. The van der Waals surface area contributed by atoms with Crippen molar-refractivity contribution in [3.8, 4) is 11.1 Å². The van der Waals surface area contributed by atoms with Crippen LogP contribution in [0, 0.1) is 6.92 Å². The summed E-state index contributed by atoms with van der Waals surface area (Å²) in [5.41, 5.74) is 5.06. The molecule has 0 atom stereocenters. The Morgan fingerprint density at radius 2 is 1.61 bits per heavy atom. The molecule has 18 heavy (non-hydrogen) atoms. The molecule has 0 aliphatic rings. The van der Waals surface area contributed by atoms with Gasteiger partial charge < -0.3 is 0 Å². The predicted octanol–water partition coefficient (Wildman–Crippen LogP) is 5.25. The molecule has 2 rings (SSSR count). The average molecular weight is 234 g/mol. The highest BCUT2D eigenvalue weighted by Gasteiger charge is 1.96. The molecule has 0 heterocycles. The van der Waals surface area contributed by atoms with E-state index in [1.54, 1.807) is 0 Å². The van der Waals surface area contributed by atoms with E-state index in [4.69, 9.17) is 0 Å². The van der Waals surface area contributed by atoms with Gasteiger partial charge in [0.05, 0.1) is 0 Å². The number of rotatable bonds is 3. The molecule has 0 aliphatic heterocycles. The van der Waals surface area contributed by atoms with Gasteiger partial charge in [-0.15, -0.1) is 0 Å². The highest BCUT2D eigenvalue weighted by atomic mass is 14.0. The van der Waals surface area contributed by atoms with Gasteiger partial charge in [-0.3, -0.25) is 0 Å². The van der Waals surface area contributed by atoms with Crippen LogP contribution in [0.2, 0.25) is 0 Å². The van der Waals surface area contributed by atoms with E-state index in [0.29, 0.717) is 0 Å². The van der Waals surface area contributed by atoms with Crippen LogP contribution in [-0.2, 0) is 0 Å². The topological polar surface area (TPSA) is 0 Å². The number of benzene rings is 2. The summed E-state index contributed by atoms with van der Waals surface area (Å²) >= 11 is 0. The second-order valence-electron chi connectivity index (χ2n) is 4.38. The van der Waals surface area contributed by atoms with E-state index >= 15 is 0 Å². The molecule has 0 bridgehead atoms. The Hall–Kier alpha value is -2.08. The van der Waals surface area contributed by atoms with Gasteiger partial charge in [0.15, 0.2) is 0 Å².